The third kappa shape index (κ3) is 3.16. The van der Waals surface area contributed by atoms with E-state index in [1.807, 2.05) is 6.92 Å². The summed E-state index contributed by atoms with van der Waals surface area (Å²) >= 11 is 5.74. The van der Waals surface area contributed by atoms with E-state index >= 15 is 0 Å². The summed E-state index contributed by atoms with van der Waals surface area (Å²) in [5, 5.41) is 0.00700. The smallest absolute Gasteiger partial charge is 0.416 e. The van der Waals surface area contributed by atoms with Gasteiger partial charge < -0.3 is 10.2 Å². The highest BCUT2D eigenvalue weighted by Crippen LogP contribution is 2.35. The molecule has 0 fully saturated rings. The molecule has 20 heavy (non-hydrogen) atoms. The number of benzene rings is 1. The minimum absolute atomic E-state index is 0.00700. The van der Waals surface area contributed by atoms with E-state index in [1.54, 1.807) is 12.1 Å². The molecule has 2 N–H and O–H groups in total. The van der Waals surface area contributed by atoms with Gasteiger partial charge in [0.25, 0.3) is 0 Å². The zero-order valence-corrected chi connectivity index (χ0v) is 11.4. The Morgan fingerprint density at radius 2 is 1.95 bits per heavy atom. The highest BCUT2D eigenvalue weighted by Gasteiger charge is 2.31. The van der Waals surface area contributed by atoms with Crippen molar-refractivity contribution in [1.82, 2.24) is 0 Å². The molecule has 1 aromatic heterocycles. The zero-order valence-electron chi connectivity index (χ0n) is 10.7. The van der Waals surface area contributed by atoms with Crippen molar-refractivity contribution in [3.05, 3.63) is 46.7 Å². The van der Waals surface area contributed by atoms with Crippen molar-refractivity contribution >= 4 is 11.6 Å². The van der Waals surface area contributed by atoms with Crippen LogP contribution in [-0.4, -0.2) is 0 Å². The molecule has 108 valence electrons. The Labute approximate surface area is 119 Å². The molecule has 2 aromatic rings. The van der Waals surface area contributed by atoms with Gasteiger partial charge in [0.05, 0.1) is 11.6 Å². The predicted octanol–water partition coefficient (Wildman–Crippen LogP) is 5.03. The number of halogens is 4. The number of nitrogens with two attached hydrogens (primary N) is 1. The SMILES string of the molecule is CCC(N)c1ccc(-c2cc(Cl)cc(C(F)(F)F)c2)o1. The number of furan rings is 1. The molecule has 0 saturated heterocycles. The third-order valence-corrected chi connectivity index (χ3v) is 3.16. The molecule has 0 aliphatic rings. The van der Waals surface area contributed by atoms with E-state index in [4.69, 9.17) is 21.8 Å². The summed E-state index contributed by atoms with van der Waals surface area (Å²) in [7, 11) is 0. The molecule has 1 atom stereocenters. The van der Waals surface area contributed by atoms with Crippen molar-refractivity contribution in [3.8, 4) is 11.3 Å². The largest absolute Gasteiger partial charge is 0.459 e. The molecule has 0 aliphatic heterocycles. The van der Waals surface area contributed by atoms with Crippen molar-refractivity contribution < 1.29 is 17.6 Å². The lowest BCUT2D eigenvalue weighted by Crippen LogP contribution is -2.06. The minimum Gasteiger partial charge on any atom is -0.459 e. The van der Waals surface area contributed by atoms with Crippen molar-refractivity contribution in [1.29, 1.82) is 0 Å². The molecule has 2 rings (SSSR count). The van der Waals surface area contributed by atoms with Crippen LogP contribution in [0.25, 0.3) is 11.3 Å². The summed E-state index contributed by atoms with van der Waals surface area (Å²) in [5.41, 5.74) is 5.28. The van der Waals surface area contributed by atoms with Gasteiger partial charge in [-0.3, -0.25) is 0 Å². The molecule has 1 heterocycles. The van der Waals surface area contributed by atoms with Crippen LogP contribution in [0.2, 0.25) is 5.02 Å². The van der Waals surface area contributed by atoms with Crippen molar-refractivity contribution in [2.75, 3.05) is 0 Å². The Morgan fingerprint density at radius 3 is 2.55 bits per heavy atom. The molecule has 0 radical (unpaired) electrons. The topological polar surface area (TPSA) is 39.2 Å². The molecule has 0 amide bonds. The number of hydrogen-bond donors (Lipinski definition) is 1. The summed E-state index contributed by atoms with van der Waals surface area (Å²) in [6, 6.07) is 6.30. The Hall–Kier alpha value is -1.46. The van der Waals surface area contributed by atoms with E-state index in [1.165, 1.54) is 6.07 Å². The van der Waals surface area contributed by atoms with Gasteiger partial charge in [-0.2, -0.15) is 13.2 Å². The number of rotatable bonds is 3. The van der Waals surface area contributed by atoms with E-state index in [2.05, 4.69) is 0 Å². The maximum atomic E-state index is 12.7. The monoisotopic (exact) mass is 303 g/mol. The van der Waals surface area contributed by atoms with Crippen LogP contribution in [0.5, 0.6) is 0 Å². The Bertz CT molecular complexity index is 607. The highest BCUT2D eigenvalue weighted by molar-refractivity contribution is 6.30. The van der Waals surface area contributed by atoms with Crippen molar-refractivity contribution in [2.24, 2.45) is 5.73 Å². The van der Waals surface area contributed by atoms with Crippen LogP contribution in [0.15, 0.2) is 34.7 Å². The van der Waals surface area contributed by atoms with Crippen LogP contribution >= 0.6 is 11.6 Å². The van der Waals surface area contributed by atoms with E-state index in [0.717, 1.165) is 12.1 Å². The van der Waals surface area contributed by atoms with Crippen LogP contribution in [0, 0.1) is 0 Å². The summed E-state index contributed by atoms with van der Waals surface area (Å²) in [6.07, 6.45) is -3.77. The second-order valence-corrected chi connectivity index (χ2v) is 4.88. The van der Waals surface area contributed by atoms with Gasteiger partial charge in [-0.05, 0) is 36.8 Å². The lowest BCUT2D eigenvalue weighted by Gasteiger charge is -2.09. The molecule has 0 spiro atoms. The second-order valence-electron chi connectivity index (χ2n) is 4.44. The standard InChI is InChI=1S/C14H13ClF3NO/c1-2-11(19)13-4-3-12(20-13)8-5-9(14(16,17)18)7-10(15)6-8/h3-7,11H,2,19H2,1H3. The summed E-state index contributed by atoms with van der Waals surface area (Å²) in [6.45, 7) is 1.90. The first-order chi connectivity index (χ1) is 9.31. The zero-order chi connectivity index (χ0) is 14.9. The van der Waals surface area contributed by atoms with E-state index in [-0.39, 0.29) is 16.6 Å². The third-order valence-electron chi connectivity index (χ3n) is 2.94. The molecule has 0 bridgehead atoms. The highest BCUT2D eigenvalue weighted by atomic mass is 35.5. The Balaban J connectivity index is 2.42. The van der Waals surface area contributed by atoms with Gasteiger partial charge in [-0.15, -0.1) is 0 Å². The van der Waals surface area contributed by atoms with Gasteiger partial charge in [0, 0.05) is 10.6 Å². The van der Waals surface area contributed by atoms with Crippen molar-refractivity contribution in [2.45, 2.75) is 25.6 Å². The van der Waals surface area contributed by atoms with Crippen molar-refractivity contribution in [3.63, 3.8) is 0 Å². The van der Waals surface area contributed by atoms with Gasteiger partial charge in [-0.25, -0.2) is 0 Å². The van der Waals surface area contributed by atoms with Crippen LogP contribution in [0.3, 0.4) is 0 Å². The Kier molecular flexibility index (Phi) is 4.11. The van der Waals surface area contributed by atoms with E-state index < -0.39 is 11.7 Å². The molecule has 1 unspecified atom stereocenters. The van der Waals surface area contributed by atoms with Crippen LogP contribution < -0.4 is 5.73 Å². The maximum absolute atomic E-state index is 12.7. The van der Waals surface area contributed by atoms with Gasteiger partial charge >= 0.3 is 6.18 Å². The lowest BCUT2D eigenvalue weighted by atomic mass is 10.1. The molecule has 1 aromatic carbocycles. The molecule has 0 saturated carbocycles. The van der Waals surface area contributed by atoms with Gasteiger partial charge in [-0.1, -0.05) is 18.5 Å². The fourth-order valence-electron chi connectivity index (χ4n) is 1.80. The first-order valence-electron chi connectivity index (χ1n) is 6.04. The van der Waals surface area contributed by atoms with E-state index in [9.17, 15) is 13.2 Å². The molecular formula is C14H13ClF3NO. The average molecular weight is 304 g/mol. The van der Waals surface area contributed by atoms with Crippen LogP contribution in [0.1, 0.15) is 30.7 Å². The summed E-state index contributed by atoms with van der Waals surface area (Å²) in [5.74, 6) is 0.855. The summed E-state index contributed by atoms with van der Waals surface area (Å²) in [4.78, 5) is 0. The van der Waals surface area contributed by atoms with Crippen LogP contribution in [0.4, 0.5) is 13.2 Å². The predicted molar refractivity (Wildman–Crippen MR) is 71.4 cm³/mol. The first-order valence-corrected chi connectivity index (χ1v) is 6.42. The quantitative estimate of drug-likeness (QED) is 0.864. The minimum atomic E-state index is -4.45. The van der Waals surface area contributed by atoms with Gasteiger partial charge in [0.15, 0.2) is 0 Å². The fourth-order valence-corrected chi connectivity index (χ4v) is 2.04. The van der Waals surface area contributed by atoms with E-state index in [0.29, 0.717) is 17.9 Å². The maximum Gasteiger partial charge on any atom is 0.416 e. The second kappa shape index (κ2) is 5.50. The number of alkyl halides is 3. The Morgan fingerprint density at radius 1 is 1.25 bits per heavy atom. The average Bonchev–Trinajstić information content (AvgIpc) is 2.85. The summed E-state index contributed by atoms with van der Waals surface area (Å²) < 4.78 is 43.7. The van der Waals surface area contributed by atoms with Gasteiger partial charge in [0.2, 0.25) is 0 Å². The number of hydrogen-bond acceptors (Lipinski definition) is 2. The van der Waals surface area contributed by atoms with Crippen LogP contribution in [-0.2, 0) is 6.18 Å². The molecule has 6 heteroatoms. The fraction of sp³-hybridized carbons (Fsp3) is 0.286. The molecular weight excluding hydrogens is 291 g/mol. The lowest BCUT2D eigenvalue weighted by molar-refractivity contribution is -0.137. The molecule has 2 nitrogen and oxygen atoms in total. The molecule has 0 aliphatic carbocycles. The van der Waals surface area contributed by atoms with Gasteiger partial charge in [0.1, 0.15) is 11.5 Å². The first kappa shape index (κ1) is 14.9. The normalized spacial score (nSPS) is 13.5.